The minimum atomic E-state index is 0.0804. The molecule has 0 aliphatic heterocycles. The van der Waals surface area contributed by atoms with Crippen LogP contribution in [-0.4, -0.2) is 43.5 Å². The number of hydrogen-bond acceptors (Lipinski definition) is 3. The highest BCUT2D eigenvalue weighted by molar-refractivity contribution is 5.82. The van der Waals surface area contributed by atoms with Gasteiger partial charge in [0, 0.05) is 12.1 Å². The first-order chi connectivity index (χ1) is 6.50. The van der Waals surface area contributed by atoms with Crippen LogP contribution in [0, 0.1) is 5.92 Å². The Morgan fingerprint density at radius 1 is 1.64 bits per heavy atom. The second-order valence-corrected chi connectivity index (χ2v) is 4.51. The number of rotatable bonds is 5. The van der Waals surface area contributed by atoms with Gasteiger partial charge in [-0.25, -0.2) is 0 Å². The van der Waals surface area contributed by atoms with Gasteiger partial charge in [-0.1, -0.05) is 0 Å². The molecule has 0 bridgehead atoms. The lowest BCUT2D eigenvalue weighted by atomic mass is 10.2. The maximum atomic E-state index is 11.5. The third-order valence-corrected chi connectivity index (χ3v) is 2.57. The molecular formula is C10H21N3O. The van der Waals surface area contributed by atoms with E-state index in [1.54, 1.807) is 0 Å². The lowest BCUT2D eigenvalue weighted by Gasteiger charge is -2.16. The number of carbonyl (C=O) groups is 1. The molecular weight excluding hydrogens is 178 g/mol. The van der Waals surface area contributed by atoms with Crippen molar-refractivity contribution in [2.75, 3.05) is 20.6 Å². The van der Waals surface area contributed by atoms with Crippen LogP contribution in [0.1, 0.15) is 19.8 Å². The van der Waals surface area contributed by atoms with E-state index in [2.05, 4.69) is 10.2 Å². The van der Waals surface area contributed by atoms with Gasteiger partial charge in [0.2, 0.25) is 5.91 Å². The van der Waals surface area contributed by atoms with Crippen LogP contribution in [0.3, 0.4) is 0 Å². The summed E-state index contributed by atoms with van der Waals surface area (Å²) in [6, 6.07) is 0.355. The molecule has 0 radical (unpaired) electrons. The van der Waals surface area contributed by atoms with Gasteiger partial charge in [0.25, 0.3) is 0 Å². The minimum absolute atomic E-state index is 0.0804. The minimum Gasteiger partial charge on any atom is -0.353 e. The van der Waals surface area contributed by atoms with Gasteiger partial charge in [-0.05, 0) is 40.4 Å². The van der Waals surface area contributed by atoms with Gasteiger partial charge in [-0.3, -0.25) is 4.79 Å². The smallest absolute Gasteiger partial charge is 0.224 e. The van der Waals surface area contributed by atoms with E-state index in [1.807, 2.05) is 21.0 Å². The summed E-state index contributed by atoms with van der Waals surface area (Å²) in [5.41, 5.74) is 5.60. The number of hydrogen-bond donors (Lipinski definition) is 2. The Labute approximate surface area is 85.8 Å². The van der Waals surface area contributed by atoms with E-state index >= 15 is 0 Å². The largest absolute Gasteiger partial charge is 0.353 e. The molecule has 0 saturated heterocycles. The van der Waals surface area contributed by atoms with Crippen molar-refractivity contribution in [1.29, 1.82) is 0 Å². The Balaban J connectivity index is 2.13. The second kappa shape index (κ2) is 4.75. The van der Waals surface area contributed by atoms with E-state index < -0.39 is 0 Å². The zero-order valence-electron chi connectivity index (χ0n) is 9.29. The maximum absolute atomic E-state index is 11.5. The van der Waals surface area contributed by atoms with Crippen LogP contribution in [0.25, 0.3) is 0 Å². The molecule has 0 aromatic rings. The average Bonchev–Trinajstić information content (AvgIpc) is 2.79. The van der Waals surface area contributed by atoms with Gasteiger partial charge >= 0.3 is 0 Å². The third-order valence-electron chi connectivity index (χ3n) is 2.57. The Bertz CT molecular complexity index is 206. The molecule has 4 heteroatoms. The highest BCUT2D eigenvalue weighted by atomic mass is 16.2. The van der Waals surface area contributed by atoms with E-state index in [1.165, 1.54) is 0 Å². The Hall–Kier alpha value is -0.610. The fourth-order valence-corrected chi connectivity index (χ4v) is 1.39. The van der Waals surface area contributed by atoms with Crippen LogP contribution >= 0.6 is 0 Å². The summed E-state index contributed by atoms with van der Waals surface area (Å²) < 4.78 is 0. The quantitative estimate of drug-likeness (QED) is 0.644. The van der Waals surface area contributed by atoms with Crippen molar-refractivity contribution in [3.05, 3.63) is 0 Å². The summed E-state index contributed by atoms with van der Waals surface area (Å²) in [6.07, 6.45) is 1.84. The fraction of sp³-hybridized carbons (Fsp3) is 0.900. The second-order valence-electron chi connectivity index (χ2n) is 4.51. The highest BCUT2D eigenvalue weighted by Crippen LogP contribution is 2.27. The van der Waals surface area contributed by atoms with E-state index in [0.29, 0.717) is 0 Å². The number of nitrogens with two attached hydrogens (primary N) is 1. The van der Waals surface area contributed by atoms with Gasteiger partial charge in [-0.15, -0.1) is 0 Å². The molecule has 82 valence electrons. The van der Waals surface area contributed by atoms with E-state index in [4.69, 9.17) is 5.73 Å². The molecule has 1 fully saturated rings. The molecule has 3 unspecified atom stereocenters. The van der Waals surface area contributed by atoms with E-state index in [9.17, 15) is 4.79 Å². The van der Waals surface area contributed by atoms with Crippen LogP contribution in [-0.2, 0) is 4.79 Å². The van der Waals surface area contributed by atoms with Crippen molar-refractivity contribution >= 4 is 5.91 Å². The molecule has 1 aliphatic rings. The van der Waals surface area contributed by atoms with Crippen molar-refractivity contribution < 1.29 is 4.79 Å². The first kappa shape index (κ1) is 11.5. The monoisotopic (exact) mass is 199 g/mol. The molecule has 4 nitrogen and oxygen atoms in total. The predicted octanol–water partition coefficient (Wildman–Crippen LogP) is -0.210. The molecule has 0 aromatic heterocycles. The normalized spacial score (nSPS) is 27.5. The van der Waals surface area contributed by atoms with Crippen molar-refractivity contribution in [2.24, 2.45) is 11.7 Å². The van der Waals surface area contributed by atoms with Crippen molar-refractivity contribution in [3.8, 4) is 0 Å². The molecule has 14 heavy (non-hydrogen) atoms. The molecule has 1 saturated carbocycles. The van der Waals surface area contributed by atoms with E-state index in [-0.39, 0.29) is 23.9 Å². The standard InChI is InChI=1S/C10H21N3O/c1-7(4-5-13(2)3)12-10(14)8-6-9(8)11/h7-9H,4-6,11H2,1-3H3,(H,12,14). The maximum Gasteiger partial charge on any atom is 0.224 e. The molecule has 1 amide bonds. The third kappa shape index (κ3) is 3.64. The molecule has 1 rings (SSSR count). The zero-order chi connectivity index (χ0) is 10.7. The van der Waals surface area contributed by atoms with E-state index in [0.717, 1.165) is 19.4 Å². The zero-order valence-corrected chi connectivity index (χ0v) is 9.29. The van der Waals surface area contributed by atoms with Gasteiger partial charge in [0.15, 0.2) is 0 Å². The highest BCUT2D eigenvalue weighted by Gasteiger charge is 2.40. The summed E-state index contributed by atoms with van der Waals surface area (Å²) in [5, 5.41) is 2.98. The number of carbonyl (C=O) groups excluding carboxylic acids is 1. The number of nitrogens with one attached hydrogen (secondary N) is 1. The molecule has 1 aliphatic carbocycles. The predicted molar refractivity (Wildman–Crippen MR) is 56.9 cm³/mol. The molecule has 3 atom stereocenters. The molecule has 0 spiro atoms. The SMILES string of the molecule is CC(CCN(C)C)NC(=O)C1CC1N. The Morgan fingerprint density at radius 3 is 2.64 bits per heavy atom. The van der Waals surface area contributed by atoms with Crippen molar-refractivity contribution in [2.45, 2.75) is 31.8 Å². The first-order valence-electron chi connectivity index (χ1n) is 5.21. The summed E-state index contributed by atoms with van der Waals surface area (Å²) in [7, 11) is 4.07. The van der Waals surface area contributed by atoms with Crippen LogP contribution in [0.2, 0.25) is 0 Å². The number of nitrogens with zero attached hydrogens (tertiary/aromatic N) is 1. The Kier molecular flexibility index (Phi) is 3.89. The summed E-state index contributed by atoms with van der Waals surface area (Å²) in [5.74, 6) is 0.209. The van der Waals surface area contributed by atoms with Gasteiger partial charge in [-0.2, -0.15) is 0 Å². The molecule has 3 N–H and O–H groups in total. The van der Waals surface area contributed by atoms with Crippen molar-refractivity contribution in [3.63, 3.8) is 0 Å². The van der Waals surface area contributed by atoms with Gasteiger partial charge < -0.3 is 16.0 Å². The number of amides is 1. The summed E-state index contributed by atoms with van der Waals surface area (Å²) in [4.78, 5) is 13.6. The fourth-order valence-electron chi connectivity index (χ4n) is 1.39. The summed E-state index contributed by atoms with van der Waals surface area (Å²) >= 11 is 0. The van der Waals surface area contributed by atoms with Crippen LogP contribution < -0.4 is 11.1 Å². The first-order valence-corrected chi connectivity index (χ1v) is 5.21. The van der Waals surface area contributed by atoms with Crippen LogP contribution in [0.5, 0.6) is 0 Å². The topological polar surface area (TPSA) is 58.4 Å². The molecule has 0 aromatic carbocycles. The Morgan fingerprint density at radius 2 is 2.21 bits per heavy atom. The lowest BCUT2D eigenvalue weighted by Crippen LogP contribution is -2.36. The molecule has 0 heterocycles. The summed E-state index contributed by atoms with van der Waals surface area (Å²) in [6.45, 7) is 3.04. The van der Waals surface area contributed by atoms with Gasteiger partial charge in [0.1, 0.15) is 0 Å². The van der Waals surface area contributed by atoms with Crippen LogP contribution in [0.4, 0.5) is 0 Å². The van der Waals surface area contributed by atoms with Crippen LogP contribution in [0.15, 0.2) is 0 Å². The van der Waals surface area contributed by atoms with Gasteiger partial charge in [0.05, 0.1) is 5.92 Å². The average molecular weight is 199 g/mol. The lowest BCUT2D eigenvalue weighted by molar-refractivity contribution is -0.123. The van der Waals surface area contributed by atoms with Crippen molar-refractivity contribution in [1.82, 2.24) is 10.2 Å².